The third-order valence-corrected chi connectivity index (χ3v) is 5.15. The minimum absolute atomic E-state index is 0.0192. The van der Waals surface area contributed by atoms with Crippen molar-refractivity contribution in [2.24, 2.45) is 10.2 Å². The molecule has 0 unspecified atom stereocenters. The maximum absolute atomic E-state index is 13.0. The van der Waals surface area contributed by atoms with Crippen LogP contribution in [0.5, 0.6) is 5.75 Å². The number of rotatable bonds is 5. The first-order chi connectivity index (χ1) is 14.0. The number of para-hydroxylation sites is 2. The summed E-state index contributed by atoms with van der Waals surface area (Å²) in [6, 6.07) is 12.9. The van der Waals surface area contributed by atoms with E-state index in [0.717, 1.165) is 11.8 Å². The SMILES string of the molecule is COc1ccccc1NC(=O)[C@H]1CC(=O)N/C(=N/N=C(/C)c2ccc(F)cc2)S1. The first kappa shape index (κ1) is 20.5. The van der Waals surface area contributed by atoms with Gasteiger partial charge in [-0.3, -0.25) is 9.59 Å². The number of methoxy groups -OCH3 is 1. The fourth-order valence-electron chi connectivity index (χ4n) is 2.57. The van der Waals surface area contributed by atoms with Crippen LogP contribution in [0.2, 0.25) is 0 Å². The van der Waals surface area contributed by atoms with Gasteiger partial charge in [-0.05, 0) is 36.8 Å². The van der Waals surface area contributed by atoms with E-state index in [2.05, 4.69) is 20.8 Å². The number of hydrogen-bond acceptors (Lipinski definition) is 6. The molecule has 1 heterocycles. The first-order valence-electron chi connectivity index (χ1n) is 8.75. The Hall–Kier alpha value is -3.20. The van der Waals surface area contributed by atoms with Gasteiger partial charge < -0.3 is 15.4 Å². The molecule has 1 saturated heterocycles. The van der Waals surface area contributed by atoms with E-state index in [1.54, 1.807) is 43.3 Å². The third kappa shape index (κ3) is 5.41. The van der Waals surface area contributed by atoms with Gasteiger partial charge in [0.1, 0.15) is 16.8 Å². The number of amides is 2. The van der Waals surface area contributed by atoms with Crippen LogP contribution in [0.4, 0.5) is 10.1 Å². The molecule has 0 radical (unpaired) electrons. The number of nitrogens with one attached hydrogen (secondary N) is 2. The summed E-state index contributed by atoms with van der Waals surface area (Å²) in [4.78, 5) is 24.6. The van der Waals surface area contributed by atoms with Crippen LogP contribution in [0.1, 0.15) is 18.9 Å². The summed E-state index contributed by atoms with van der Waals surface area (Å²) in [5.41, 5.74) is 1.77. The van der Waals surface area contributed by atoms with Crippen molar-refractivity contribution in [3.05, 3.63) is 59.9 Å². The predicted octanol–water partition coefficient (Wildman–Crippen LogP) is 3.17. The van der Waals surface area contributed by atoms with Crippen molar-refractivity contribution in [1.29, 1.82) is 0 Å². The van der Waals surface area contributed by atoms with Crippen LogP contribution in [0, 0.1) is 5.82 Å². The Morgan fingerprint density at radius 2 is 1.97 bits per heavy atom. The molecule has 1 fully saturated rings. The third-order valence-electron chi connectivity index (χ3n) is 4.08. The van der Waals surface area contributed by atoms with E-state index in [0.29, 0.717) is 22.7 Å². The Bertz CT molecular complexity index is 976. The summed E-state index contributed by atoms with van der Waals surface area (Å²) in [5, 5.41) is 13.1. The smallest absolute Gasteiger partial charge is 0.238 e. The molecule has 0 spiro atoms. The number of anilines is 1. The minimum Gasteiger partial charge on any atom is -0.495 e. The molecule has 9 heteroatoms. The quantitative estimate of drug-likeness (QED) is 0.581. The van der Waals surface area contributed by atoms with Crippen molar-refractivity contribution in [1.82, 2.24) is 5.32 Å². The Kier molecular flexibility index (Phi) is 6.61. The lowest BCUT2D eigenvalue weighted by Gasteiger charge is -2.22. The zero-order chi connectivity index (χ0) is 20.8. The number of thioether (sulfide) groups is 1. The van der Waals surface area contributed by atoms with Gasteiger partial charge in [-0.25, -0.2) is 4.39 Å². The number of hydrogen-bond donors (Lipinski definition) is 2. The van der Waals surface area contributed by atoms with Crippen molar-refractivity contribution >= 4 is 40.1 Å². The number of amidine groups is 1. The maximum atomic E-state index is 13.0. The standard InChI is InChI=1S/C20H19FN4O3S/c1-12(13-7-9-14(21)10-8-13)24-25-20-23-18(26)11-17(29-20)19(27)22-15-5-3-4-6-16(15)28-2/h3-10,17H,11H2,1-2H3,(H,22,27)(H,23,25,26)/b24-12-/t17-/m1/s1. The normalized spacial score (nSPS) is 18.3. The summed E-state index contributed by atoms with van der Waals surface area (Å²) in [5.74, 6) is -0.468. The molecule has 7 nitrogen and oxygen atoms in total. The van der Waals surface area contributed by atoms with E-state index in [1.807, 2.05) is 0 Å². The Morgan fingerprint density at radius 1 is 1.24 bits per heavy atom. The van der Waals surface area contributed by atoms with Crippen LogP contribution in [0.3, 0.4) is 0 Å². The molecular formula is C20H19FN4O3S. The number of nitrogens with zero attached hydrogens (tertiary/aromatic N) is 2. The molecule has 2 aromatic rings. The van der Waals surface area contributed by atoms with E-state index in [9.17, 15) is 14.0 Å². The second kappa shape index (κ2) is 9.33. The fourth-order valence-corrected chi connectivity index (χ4v) is 3.50. The lowest BCUT2D eigenvalue weighted by molar-refractivity contribution is -0.123. The molecule has 150 valence electrons. The predicted molar refractivity (Wildman–Crippen MR) is 112 cm³/mol. The molecule has 29 heavy (non-hydrogen) atoms. The van der Waals surface area contributed by atoms with E-state index < -0.39 is 5.25 Å². The summed E-state index contributed by atoms with van der Waals surface area (Å²) in [6.45, 7) is 1.72. The van der Waals surface area contributed by atoms with E-state index in [4.69, 9.17) is 4.74 Å². The van der Waals surface area contributed by atoms with E-state index in [1.165, 1.54) is 19.2 Å². The van der Waals surface area contributed by atoms with Gasteiger partial charge in [-0.15, -0.1) is 5.10 Å². The van der Waals surface area contributed by atoms with Gasteiger partial charge >= 0.3 is 0 Å². The van der Waals surface area contributed by atoms with E-state index >= 15 is 0 Å². The Morgan fingerprint density at radius 3 is 2.69 bits per heavy atom. The summed E-state index contributed by atoms with van der Waals surface area (Å²) in [6.07, 6.45) is 0.0192. The van der Waals surface area contributed by atoms with Crippen LogP contribution < -0.4 is 15.4 Å². The van der Waals surface area contributed by atoms with Crippen LogP contribution in [0.15, 0.2) is 58.7 Å². The van der Waals surface area contributed by atoms with Crippen LogP contribution in [0.25, 0.3) is 0 Å². The monoisotopic (exact) mass is 414 g/mol. The molecule has 2 amide bonds. The number of halogens is 1. The number of benzene rings is 2. The zero-order valence-electron chi connectivity index (χ0n) is 15.8. The highest BCUT2D eigenvalue weighted by atomic mass is 32.2. The molecule has 0 aromatic heterocycles. The first-order valence-corrected chi connectivity index (χ1v) is 9.63. The van der Waals surface area contributed by atoms with Gasteiger partial charge in [0.2, 0.25) is 11.8 Å². The lowest BCUT2D eigenvalue weighted by Crippen LogP contribution is -2.41. The number of ether oxygens (including phenoxy) is 1. The molecule has 1 aliphatic rings. The molecule has 1 aliphatic heterocycles. The molecule has 3 rings (SSSR count). The van der Waals surface area contributed by atoms with Gasteiger partial charge in [0, 0.05) is 6.42 Å². The van der Waals surface area contributed by atoms with Crippen molar-refractivity contribution in [3.8, 4) is 5.75 Å². The highest BCUT2D eigenvalue weighted by Crippen LogP contribution is 2.26. The molecule has 0 bridgehead atoms. The molecule has 2 N–H and O–H groups in total. The zero-order valence-corrected chi connectivity index (χ0v) is 16.6. The van der Waals surface area contributed by atoms with Crippen LogP contribution in [-0.4, -0.2) is 35.1 Å². The van der Waals surface area contributed by atoms with Gasteiger partial charge in [-0.2, -0.15) is 5.10 Å². The van der Waals surface area contributed by atoms with E-state index in [-0.39, 0.29) is 29.2 Å². The van der Waals surface area contributed by atoms with Gasteiger partial charge in [0.15, 0.2) is 5.17 Å². The lowest BCUT2D eigenvalue weighted by atomic mass is 10.1. The molecule has 0 saturated carbocycles. The highest BCUT2D eigenvalue weighted by molar-refractivity contribution is 8.15. The second-order valence-electron chi connectivity index (χ2n) is 6.15. The topological polar surface area (TPSA) is 92.1 Å². The van der Waals surface area contributed by atoms with Crippen molar-refractivity contribution in [2.45, 2.75) is 18.6 Å². The maximum Gasteiger partial charge on any atom is 0.238 e. The average molecular weight is 414 g/mol. The summed E-state index contributed by atoms with van der Waals surface area (Å²) >= 11 is 1.11. The number of carbonyl (C=O) groups excluding carboxylic acids is 2. The van der Waals surface area contributed by atoms with Gasteiger partial charge in [0.25, 0.3) is 0 Å². The van der Waals surface area contributed by atoms with Crippen molar-refractivity contribution in [2.75, 3.05) is 12.4 Å². The minimum atomic E-state index is -0.659. The molecular weight excluding hydrogens is 395 g/mol. The molecule has 2 aromatic carbocycles. The fraction of sp³-hybridized carbons (Fsp3) is 0.200. The summed E-state index contributed by atoms with van der Waals surface area (Å²) in [7, 11) is 1.51. The van der Waals surface area contributed by atoms with Crippen molar-refractivity contribution < 1.29 is 18.7 Å². The van der Waals surface area contributed by atoms with Crippen molar-refractivity contribution in [3.63, 3.8) is 0 Å². The number of carbonyl (C=O) groups is 2. The van der Waals surface area contributed by atoms with Crippen LogP contribution in [-0.2, 0) is 9.59 Å². The van der Waals surface area contributed by atoms with Crippen LogP contribution >= 0.6 is 11.8 Å². The second-order valence-corrected chi connectivity index (χ2v) is 7.34. The molecule has 1 atom stereocenters. The Balaban J connectivity index is 1.71. The highest BCUT2D eigenvalue weighted by Gasteiger charge is 2.30. The Labute approximate surface area is 171 Å². The largest absolute Gasteiger partial charge is 0.495 e. The van der Waals surface area contributed by atoms with Gasteiger partial charge in [-0.1, -0.05) is 36.0 Å². The average Bonchev–Trinajstić information content (AvgIpc) is 2.72. The van der Waals surface area contributed by atoms with Gasteiger partial charge in [0.05, 0.1) is 18.5 Å². The summed E-state index contributed by atoms with van der Waals surface area (Å²) < 4.78 is 18.3. The molecule has 0 aliphatic carbocycles.